The van der Waals surface area contributed by atoms with E-state index in [1.165, 1.54) is 35.6 Å². The molecule has 0 N–H and O–H groups in total. The number of hydrogen-bond acceptors (Lipinski definition) is 5. The predicted octanol–water partition coefficient (Wildman–Crippen LogP) is 5.27. The molecule has 1 aromatic heterocycles. The number of para-hydroxylation sites is 1. The van der Waals surface area contributed by atoms with Gasteiger partial charge in [-0.05, 0) is 41.8 Å². The molecule has 7 heteroatoms. The molecule has 0 radical (unpaired) electrons. The van der Waals surface area contributed by atoms with E-state index in [1.54, 1.807) is 12.0 Å². The molecule has 0 aliphatic rings. The SMILES string of the molecule is COCCN(Cc1csc(COc2ccccc2C(C)C)n1)C(=O)c1ccc(F)cc1. The van der Waals surface area contributed by atoms with Crippen molar-refractivity contribution >= 4 is 17.2 Å². The molecule has 2 aromatic carbocycles. The number of carbonyl (C=O) groups excluding carboxylic acids is 1. The lowest BCUT2D eigenvalue weighted by molar-refractivity contribution is 0.0678. The van der Waals surface area contributed by atoms with E-state index < -0.39 is 0 Å². The van der Waals surface area contributed by atoms with Gasteiger partial charge >= 0.3 is 0 Å². The number of ether oxygens (including phenoxy) is 2. The first-order valence-corrected chi connectivity index (χ1v) is 11.0. The second-order valence-corrected chi connectivity index (χ2v) is 8.38. The molecule has 0 saturated heterocycles. The molecule has 0 spiro atoms. The summed E-state index contributed by atoms with van der Waals surface area (Å²) >= 11 is 1.50. The van der Waals surface area contributed by atoms with Gasteiger partial charge in [0.1, 0.15) is 23.2 Å². The monoisotopic (exact) mass is 442 g/mol. The molecule has 3 aromatic rings. The van der Waals surface area contributed by atoms with Crippen molar-refractivity contribution < 1.29 is 18.7 Å². The zero-order valence-electron chi connectivity index (χ0n) is 18.0. The summed E-state index contributed by atoms with van der Waals surface area (Å²) in [5.74, 6) is 0.675. The number of amides is 1. The van der Waals surface area contributed by atoms with Crippen LogP contribution in [0.25, 0.3) is 0 Å². The molecule has 0 unspecified atom stereocenters. The minimum atomic E-state index is -0.372. The van der Waals surface area contributed by atoms with Crippen molar-refractivity contribution in [1.29, 1.82) is 0 Å². The van der Waals surface area contributed by atoms with Gasteiger partial charge in [0, 0.05) is 24.6 Å². The standard InChI is InChI=1S/C24H27FN2O3S/c1-17(2)21-6-4-5-7-22(21)30-15-23-26-20(16-31-23)14-27(12-13-29-3)24(28)18-8-10-19(25)11-9-18/h4-11,16-17H,12-15H2,1-3H3. The first kappa shape index (κ1) is 22.9. The van der Waals surface area contributed by atoms with Crippen LogP contribution in [0.3, 0.4) is 0 Å². The summed E-state index contributed by atoms with van der Waals surface area (Å²) in [6.45, 7) is 5.81. The average Bonchev–Trinajstić information content (AvgIpc) is 3.22. The van der Waals surface area contributed by atoms with E-state index in [9.17, 15) is 9.18 Å². The summed E-state index contributed by atoms with van der Waals surface area (Å²) in [5.41, 5.74) is 2.38. The van der Waals surface area contributed by atoms with Crippen LogP contribution in [0.15, 0.2) is 53.9 Å². The van der Waals surface area contributed by atoms with Gasteiger partial charge in [0.2, 0.25) is 0 Å². The van der Waals surface area contributed by atoms with Crippen LogP contribution < -0.4 is 4.74 Å². The van der Waals surface area contributed by atoms with Crippen LogP contribution in [-0.4, -0.2) is 36.1 Å². The summed E-state index contributed by atoms with van der Waals surface area (Å²) in [6, 6.07) is 13.6. The van der Waals surface area contributed by atoms with E-state index in [4.69, 9.17) is 9.47 Å². The number of thiazole rings is 1. The Kier molecular flexibility index (Phi) is 8.14. The number of rotatable bonds is 10. The molecule has 0 fully saturated rings. The highest BCUT2D eigenvalue weighted by atomic mass is 32.1. The lowest BCUT2D eigenvalue weighted by Crippen LogP contribution is -2.33. The van der Waals surface area contributed by atoms with Crippen LogP contribution in [0, 0.1) is 5.82 Å². The third-order valence-corrected chi connectivity index (χ3v) is 5.66. The number of halogens is 1. The topological polar surface area (TPSA) is 51.7 Å². The summed E-state index contributed by atoms with van der Waals surface area (Å²) in [6.07, 6.45) is 0. The number of benzene rings is 2. The Hall–Kier alpha value is -2.77. The van der Waals surface area contributed by atoms with Gasteiger partial charge < -0.3 is 14.4 Å². The fraction of sp³-hybridized carbons (Fsp3) is 0.333. The largest absolute Gasteiger partial charge is 0.486 e. The highest BCUT2D eigenvalue weighted by Gasteiger charge is 2.18. The number of nitrogens with zero attached hydrogens (tertiary/aromatic N) is 2. The van der Waals surface area contributed by atoms with Crippen molar-refractivity contribution in [3.63, 3.8) is 0 Å². The fourth-order valence-electron chi connectivity index (χ4n) is 3.14. The lowest BCUT2D eigenvalue weighted by Gasteiger charge is -2.21. The molecule has 1 heterocycles. The Morgan fingerprint density at radius 1 is 1.16 bits per heavy atom. The normalized spacial score (nSPS) is 11.0. The summed E-state index contributed by atoms with van der Waals surface area (Å²) in [7, 11) is 1.59. The van der Waals surface area contributed by atoms with Crippen LogP contribution >= 0.6 is 11.3 Å². The molecular formula is C24H27FN2O3S. The lowest BCUT2D eigenvalue weighted by atomic mass is 10.0. The van der Waals surface area contributed by atoms with Gasteiger partial charge in [-0.2, -0.15) is 0 Å². The maximum absolute atomic E-state index is 13.2. The molecule has 0 aliphatic carbocycles. The summed E-state index contributed by atoms with van der Waals surface area (Å²) in [5, 5.41) is 2.78. The van der Waals surface area contributed by atoms with Gasteiger partial charge in [0.25, 0.3) is 5.91 Å². The van der Waals surface area contributed by atoms with Crippen molar-refractivity contribution in [2.24, 2.45) is 0 Å². The zero-order valence-corrected chi connectivity index (χ0v) is 18.8. The minimum absolute atomic E-state index is 0.186. The Labute approximate surface area is 186 Å². The first-order valence-electron chi connectivity index (χ1n) is 10.2. The number of methoxy groups -OCH3 is 1. The smallest absolute Gasteiger partial charge is 0.254 e. The second kappa shape index (κ2) is 11.0. The Morgan fingerprint density at radius 3 is 2.61 bits per heavy atom. The van der Waals surface area contributed by atoms with E-state index in [0.29, 0.717) is 37.8 Å². The van der Waals surface area contributed by atoms with Crippen LogP contribution in [0.5, 0.6) is 5.75 Å². The van der Waals surface area contributed by atoms with Gasteiger partial charge in [0.05, 0.1) is 18.8 Å². The molecule has 0 bridgehead atoms. The van der Waals surface area contributed by atoms with Crippen LogP contribution in [-0.2, 0) is 17.9 Å². The van der Waals surface area contributed by atoms with Crippen LogP contribution in [0.2, 0.25) is 0 Å². The van der Waals surface area contributed by atoms with Gasteiger partial charge in [-0.15, -0.1) is 11.3 Å². The van der Waals surface area contributed by atoms with Crippen molar-refractivity contribution in [3.8, 4) is 5.75 Å². The highest BCUT2D eigenvalue weighted by Crippen LogP contribution is 2.27. The summed E-state index contributed by atoms with van der Waals surface area (Å²) in [4.78, 5) is 19.2. The maximum atomic E-state index is 13.2. The van der Waals surface area contributed by atoms with Crippen molar-refractivity contribution in [3.05, 3.63) is 81.6 Å². The van der Waals surface area contributed by atoms with E-state index in [0.717, 1.165) is 22.0 Å². The number of carbonyl (C=O) groups is 1. The Morgan fingerprint density at radius 2 is 1.90 bits per heavy atom. The van der Waals surface area contributed by atoms with Crippen LogP contribution in [0.1, 0.15) is 46.4 Å². The molecule has 164 valence electrons. The van der Waals surface area contributed by atoms with Gasteiger partial charge in [-0.3, -0.25) is 4.79 Å². The quantitative estimate of drug-likeness (QED) is 0.429. The predicted molar refractivity (Wildman–Crippen MR) is 120 cm³/mol. The van der Waals surface area contributed by atoms with E-state index in [1.807, 2.05) is 23.6 Å². The Balaban J connectivity index is 1.66. The van der Waals surface area contributed by atoms with Crippen LogP contribution in [0.4, 0.5) is 4.39 Å². The number of aromatic nitrogens is 1. The van der Waals surface area contributed by atoms with Crippen molar-refractivity contribution in [2.45, 2.75) is 32.9 Å². The third kappa shape index (κ3) is 6.35. The second-order valence-electron chi connectivity index (χ2n) is 7.44. The van der Waals surface area contributed by atoms with Crippen molar-refractivity contribution in [2.75, 3.05) is 20.3 Å². The van der Waals surface area contributed by atoms with Crippen molar-refractivity contribution in [1.82, 2.24) is 9.88 Å². The summed E-state index contributed by atoms with van der Waals surface area (Å²) < 4.78 is 24.4. The molecule has 1 amide bonds. The van der Waals surface area contributed by atoms with E-state index >= 15 is 0 Å². The molecule has 31 heavy (non-hydrogen) atoms. The molecule has 0 atom stereocenters. The van der Waals surface area contributed by atoms with E-state index in [2.05, 4.69) is 24.9 Å². The molecule has 3 rings (SSSR count). The fourth-order valence-corrected chi connectivity index (χ4v) is 3.84. The zero-order chi connectivity index (χ0) is 22.2. The van der Waals surface area contributed by atoms with Gasteiger partial charge in [0.15, 0.2) is 0 Å². The van der Waals surface area contributed by atoms with E-state index in [-0.39, 0.29) is 11.7 Å². The van der Waals surface area contributed by atoms with Gasteiger partial charge in [-0.1, -0.05) is 32.0 Å². The molecular weight excluding hydrogens is 415 g/mol. The average molecular weight is 443 g/mol. The van der Waals surface area contributed by atoms with Gasteiger partial charge in [-0.25, -0.2) is 9.37 Å². The molecule has 0 aliphatic heterocycles. The first-order chi connectivity index (χ1) is 15.0. The Bertz CT molecular complexity index is 988. The minimum Gasteiger partial charge on any atom is -0.486 e. The maximum Gasteiger partial charge on any atom is 0.254 e. The third-order valence-electron chi connectivity index (χ3n) is 4.79. The number of hydrogen-bond donors (Lipinski definition) is 0. The molecule has 0 saturated carbocycles. The highest BCUT2D eigenvalue weighted by molar-refractivity contribution is 7.09. The molecule has 5 nitrogen and oxygen atoms in total.